The van der Waals surface area contributed by atoms with Crippen molar-refractivity contribution in [2.75, 3.05) is 6.79 Å². The molecule has 0 saturated carbocycles. The average Bonchev–Trinajstić information content (AvgIpc) is 2.87. The van der Waals surface area contributed by atoms with Gasteiger partial charge in [-0.15, -0.1) is 0 Å². The second kappa shape index (κ2) is 11.4. The Morgan fingerprint density at radius 2 is 1.57 bits per heavy atom. The summed E-state index contributed by atoms with van der Waals surface area (Å²) in [5.74, 6) is -0.238. The standard InChI is InChI=1S/C27H18F2O6/c1-3-21(30)7-5-6-17-8-9-19-15-20(11-10-18(19)14-17)27(32)35-23-13-12-22(25(28)26(23)29)33-16-34-24(31)4-2/h3-4,8-15H,1-2,7,16H2. The van der Waals surface area contributed by atoms with Crippen LogP contribution in [0.15, 0.2) is 73.8 Å². The lowest BCUT2D eigenvalue weighted by Gasteiger charge is -2.10. The molecule has 6 nitrogen and oxygen atoms in total. The van der Waals surface area contributed by atoms with E-state index >= 15 is 0 Å². The van der Waals surface area contributed by atoms with Crippen LogP contribution >= 0.6 is 0 Å². The van der Waals surface area contributed by atoms with E-state index in [1.165, 1.54) is 18.2 Å². The number of ketones is 1. The molecule has 3 rings (SSSR count). The zero-order valence-corrected chi connectivity index (χ0v) is 18.3. The van der Waals surface area contributed by atoms with Gasteiger partial charge in [0.05, 0.1) is 12.0 Å². The maximum Gasteiger partial charge on any atom is 0.343 e. The molecule has 0 unspecified atom stereocenters. The number of carbonyl (C=O) groups excluding carboxylic acids is 3. The minimum Gasteiger partial charge on any atom is -0.454 e. The van der Waals surface area contributed by atoms with E-state index in [0.29, 0.717) is 10.9 Å². The summed E-state index contributed by atoms with van der Waals surface area (Å²) < 4.78 is 43.0. The molecule has 0 amide bonds. The van der Waals surface area contributed by atoms with Crippen molar-refractivity contribution in [2.45, 2.75) is 6.42 Å². The minimum atomic E-state index is -1.44. The van der Waals surface area contributed by atoms with Crippen LogP contribution in [0.1, 0.15) is 22.3 Å². The zero-order valence-electron chi connectivity index (χ0n) is 18.3. The van der Waals surface area contributed by atoms with Crippen molar-refractivity contribution in [1.29, 1.82) is 0 Å². The number of halogens is 2. The van der Waals surface area contributed by atoms with Crippen molar-refractivity contribution in [3.8, 4) is 23.3 Å². The van der Waals surface area contributed by atoms with Gasteiger partial charge >= 0.3 is 11.9 Å². The van der Waals surface area contributed by atoms with Gasteiger partial charge in [0.1, 0.15) is 0 Å². The Bertz CT molecular complexity index is 1400. The van der Waals surface area contributed by atoms with Gasteiger partial charge in [-0.3, -0.25) is 4.79 Å². The lowest BCUT2D eigenvalue weighted by molar-refractivity contribution is -0.144. The number of allylic oxidation sites excluding steroid dienone is 1. The number of esters is 2. The molecule has 0 saturated heterocycles. The molecule has 3 aromatic carbocycles. The van der Waals surface area contributed by atoms with E-state index in [1.807, 2.05) is 0 Å². The molecule has 3 aromatic rings. The molecule has 0 bridgehead atoms. The Morgan fingerprint density at radius 1 is 0.886 bits per heavy atom. The second-order valence-electron chi connectivity index (χ2n) is 6.93. The van der Waals surface area contributed by atoms with E-state index in [9.17, 15) is 23.2 Å². The Labute approximate surface area is 199 Å². The summed E-state index contributed by atoms with van der Waals surface area (Å²) in [5.41, 5.74) is 0.799. The van der Waals surface area contributed by atoms with Gasteiger partial charge in [0, 0.05) is 11.6 Å². The van der Waals surface area contributed by atoms with Crippen LogP contribution in [0.2, 0.25) is 0 Å². The summed E-state index contributed by atoms with van der Waals surface area (Å²) in [6, 6.07) is 12.0. The van der Waals surface area contributed by atoms with E-state index in [-0.39, 0.29) is 17.8 Å². The molecule has 0 heterocycles. The molecule has 0 aliphatic heterocycles. The van der Waals surface area contributed by atoms with Crippen LogP contribution in [0.25, 0.3) is 10.8 Å². The Hall–Kier alpha value is -4.77. The molecular formula is C27H18F2O6. The van der Waals surface area contributed by atoms with Crippen molar-refractivity contribution in [1.82, 2.24) is 0 Å². The molecule has 0 radical (unpaired) electrons. The number of hydrogen-bond acceptors (Lipinski definition) is 6. The first-order valence-corrected chi connectivity index (χ1v) is 10.1. The fourth-order valence-electron chi connectivity index (χ4n) is 2.83. The van der Waals surface area contributed by atoms with E-state index in [0.717, 1.165) is 23.6 Å². The molecule has 176 valence electrons. The predicted molar refractivity (Wildman–Crippen MR) is 124 cm³/mol. The van der Waals surface area contributed by atoms with E-state index in [4.69, 9.17) is 9.47 Å². The fourth-order valence-corrected chi connectivity index (χ4v) is 2.83. The summed E-state index contributed by atoms with van der Waals surface area (Å²) in [6.07, 6.45) is 2.17. The normalized spacial score (nSPS) is 10.0. The first-order valence-electron chi connectivity index (χ1n) is 10.1. The number of carbonyl (C=O) groups is 3. The van der Waals surface area contributed by atoms with E-state index < -0.39 is 41.9 Å². The molecule has 35 heavy (non-hydrogen) atoms. The number of benzene rings is 3. The third kappa shape index (κ3) is 6.39. The average molecular weight is 476 g/mol. The largest absolute Gasteiger partial charge is 0.454 e. The molecule has 0 aliphatic carbocycles. The molecule has 0 aromatic heterocycles. The summed E-state index contributed by atoms with van der Waals surface area (Å²) in [7, 11) is 0. The third-order valence-corrected chi connectivity index (χ3v) is 4.60. The lowest BCUT2D eigenvalue weighted by atomic mass is 10.0. The van der Waals surface area contributed by atoms with Crippen LogP contribution in [0.3, 0.4) is 0 Å². The highest BCUT2D eigenvalue weighted by Gasteiger charge is 2.19. The number of rotatable bonds is 8. The van der Waals surface area contributed by atoms with Gasteiger partial charge in [0.15, 0.2) is 17.3 Å². The topological polar surface area (TPSA) is 78.9 Å². The van der Waals surface area contributed by atoms with Crippen molar-refractivity contribution < 1.29 is 37.4 Å². The summed E-state index contributed by atoms with van der Waals surface area (Å²) >= 11 is 0. The smallest absolute Gasteiger partial charge is 0.343 e. The second-order valence-corrected chi connectivity index (χ2v) is 6.93. The molecule has 0 fully saturated rings. The quantitative estimate of drug-likeness (QED) is 0.151. The van der Waals surface area contributed by atoms with Gasteiger partial charge in [-0.2, -0.15) is 8.78 Å². The zero-order chi connectivity index (χ0) is 25.4. The van der Waals surface area contributed by atoms with Gasteiger partial charge in [-0.05, 0) is 53.2 Å². The third-order valence-electron chi connectivity index (χ3n) is 4.60. The number of ether oxygens (including phenoxy) is 3. The van der Waals surface area contributed by atoms with Crippen LogP contribution in [-0.4, -0.2) is 24.5 Å². The molecule has 0 atom stereocenters. The summed E-state index contributed by atoms with van der Waals surface area (Å²) in [4.78, 5) is 34.7. The highest BCUT2D eigenvalue weighted by molar-refractivity contribution is 5.96. The molecular weight excluding hydrogens is 458 g/mol. The van der Waals surface area contributed by atoms with E-state index in [1.54, 1.807) is 24.3 Å². The van der Waals surface area contributed by atoms with Crippen molar-refractivity contribution in [2.24, 2.45) is 0 Å². The highest BCUT2D eigenvalue weighted by atomic mass is 19.2. The van der Waals surface area contributed by atoms with Crippen LogP contribution in [-0.2, 0) is 14.3 Å². The van der Waals surface area contributed by atoms with E-state index in [2.05, 4.69) is 29.7 Å². The summed E-state index contributed by atoms with van der Waals surface area (Å²) in [6.45, 7) is 5.93. The summed E-state index contributed by atoms with van der Waals surface area (Å²) in [5, 5.41) is 1.47. The monoisotopic (exact) mass is 476 g/mol. The minimum absolute atomic E-state index is 0.0688. The van der Waals surface area contributed by atoms with Gasteiger partial charge in [-0.1, -0.05) is 37.1 Å². The maximum absolute atomic E-state index is 14.4. The Balaban J connectivity index is 1.72. The van der Waals surface area contributed by atoms with Crippen LogP contribution in [0.4, 0.5) is 8.78 Å². The molecule has 0 aliphatic rings. The van der Waals surface area contributed by atoms with Crippen molar-refractivity contribution in [3.63, 3.8) is 0 Å². The highest BCUT2D eigenvalue weighted by Crippen LogP contribution is 2.28. The predicted octanol–water partition coefficient (Wildman–Crippen LogP) is 4.90. The first-order chi connectivity index (χ1) is 16.8. The van der Waals surface area contributed by atoms with Gasteiger partial charge < -0.3 is 14.2 Å². The Kier molecular flexibility index (Phi) is 8.09. The fraction of sp³-hybridized carbons (Fsp3) is 0.0741. The molecule has 8 heteroatoms. The SMILES string of the molecule is C=CC(=O)CC#Cc1ccc2cc(C(=O)Oc3ccc(OCOC(=O)C=C)c(F)c3F)ccc2c1. The van der Waals surface area contributed by atoms with Crippen molar-refractivity contribution in [3.05, 3.63) is 96.6 Å². The van der Waals surface area contributed by atoms with Gasteiger partial charge in [0.2, 0.25) is 18.4 Å². The molecule has 0 spiro atoms. The maximum atomic E-state index is 14.4. The first kappa shape index (κ1) is 24.9. The Morgan fingerprint density at radius 3 is 2.31 bits per heavy atom. The number of hydrogen-bond donors (Lipinski definition) is 0. The lowest BCUT2D eigenvalue weighted by Crippen LogP contribution is -2.11. The van der Waals surface area contributed by atoms with Crippen LogP contribution in [0.5, 0.6) is 11.5 Å². The van der Waals surface area contributed by atoms with Gasteiger partial charge in [-0.25, -0.2) is 9.59 Å². The number of fused-ring (bicyclic) bond motifs is 1. The van der Waals surface area contributed by atoms with Gasteiger partial charge in [0.25, 0.3) is 0 Å². The van der Waals surface area contributed by atoms with Crippen LogP contribution in [0, 0.1) is 23.5 Å². The van der Waals surface area contributed by atoms with Crippen LogP contribution < -0.4 is 9.47 Å². The molecule has 0 N–H and O–H groups in total. The van der Waals surface area contributed by atoms with Crippen molar-refractivity contribution >= 4 is 28.5 Å².